The van der Waals surface area contributed by atoms with Crippen LogP contribution < -0.4 is 5.32 Å². The van der Waals surface area contributed by atoms with Gasteiger partial charge in [0.25, 0.3) is 5.91 Å². The Morgan fingerprint density at radius 2 is 1.82 bits per heavy atom. The maximum atomic E-state index is 12.7. The number of benzene rings is 1. The van der Waals surface area contributed by atoms with Gasteiger partial charge >= 0.3 is 6.09 Å². The van der Waals surface area contributed by atoms with Crippen molar-refractivity contribution in [2.75, 3.05) is 13.1 Å². The number of aromatic nitrogens is 3. The number of hydrogen-bond acceptors (Lipinski definition) is 5. The number of ether oxygens (including phenoxy) is 1. The van der Waals surface area contributed by atoms with Gasteiger partial charge in [0.05, 0.1) is 11.9 Å². The third-order valence-electron chi connectivity index (χ3n) is 4.31. The second-order valence-corrected chi connectivity index (χ2v) is 8.17. The highest BCUT2D eigenvalue weighted by molar-refractivity contribution is 6.30. The molecule has 0 saturated carbocycles. The minimum atomic E-state index is -0.531. The van der Waals surface area contributed by atoms with Crippen LogP contribution in [0.4, 0.5) is 4.79 Å². The smallest absolute Gasteiger partial charge is 0.407 e. The third kappa shape index (κ3) is 5.22. The molecule has 3 rings (SSSR count). The number of carbonyl (C=O) groups is 2. The number of amides is 2. The van der Waals surface area contributed by atoms with E-state index in [1.165, 1.54) is 0 Å². The Kier molecular flexibility index (Phi) is 5.88. The molecule has 0 aliphatic carbocycles. The van der Waals surface area contributed by atoms with Crippen molar-refractivity contribution in [2.45, 2.75) is 45.3 Å². The number of nitrogens with zero attached hydrogens (tertiary/aromatic N) is 4. The van der Waals surface area contributed by atoms with Gasteiger partial charge < -0.3 is 15.0 Å². The van der Waals surface area contributed by atoms with Gasteiger partial charge in [-0.2, -0.15) is 0 Å². The monoisotopic (exact) mass is 405 g/mol. The number of piperidine rings is 1. The predicted molar refractivity (Wildman–Crippen MR) is 105 cm³/mol. The van der Waals surface area contributed by atoms with Crippen molar-refractivity contribution in [2.24, 2.45) is 0 Å². The lowest BCUT2D eigenvalue weighted by atomic mass is 10.0. The van der Waals surface area contributed by atoms with E-state index < -0.39 is 11.7 Å². The number of alkyl carbamates (subject to hydrolysis) is 1. The molecule has 9 heteroatoms. The van der Waals surface area contributed by atoms with Crippen molar-refractivity contribution >= 4 is 23.6 Å². The van der Waals surface area contributed by atoms with Gasteiger partial charge in [0.1, 0.15) is 5.60 Å². The van der Waals surface area contributed by atoms with Crippen LogP contribution in [0.25, 0.3) is 5.69 Å². The molecule has 1 fully saturated rings. The predicted octanol–water partition coefficient (Wildman–Crippen LogP) is 3.05. The van der Waals surface area contributed by atoms with E-state index in [9.17, 15) is 9.59 Å². The first kappa shape index (κ1) is 20.1. The van der Waals surface area contributed by atoms with E-state index in [1.54, 1.807) is 40.0 Å². The lowest BCUT2D eigenvalue weighted by molar-refractivity contribution is 0.0473. The van der Waals surface area contributed by atoms with E-state index in [1.807, 2.05) is 20.8 Å². The highest BCUT2D eigenvalue weighted by atomic mass is 35.5. The molecule has 0 spiro atoms. The maximum Gasteiger partial charge on any atom is 0.407 e. The van der Waals surface area contributed by atoms with Gasteiger partial charge in [-0.25, -0.2) is 9.48 Å². The molecule has 0 atom stereocenters. The molecule has 0 bridgehead atoms. The molecule has 1 N–H and O–H groups in total. The average molecular weight is 406 g/mol. The Morgan fingerprint density at radius 3 is 2.43 bits per heavy atom. The summed E-state index contributed by atoms with van der Waals surface area (Å²) in [5.74, 6) is -0.170. The molecule has 2 heterocycles. The topological polar surface area (TPSA) is 89.4 Å². The summed E-state index contributed by atoms with van der Waals surface area (Å²) in [5, 5.41) is 11.5. The summed E-state index contributed by atoms with van der Waals surface area (Å²) < 4.78 is 6.82. The number of halogens is 1. The normalized spacial score (nSPS) is 15.4. The fraction of sp³-hybridized carbons (Fsp3) is 0.474. The van der Waals surface area contributed by atoms with Crippen LogP contribution in [0.3, 0.4) is 0 Å². The molecule has 0 radical (unpaired) electrons. The maximum absolute atomic E-state index is 12.7. The fourth-order valence-electron chi connectivity index (χ4n) is 2.94. The molecule has 150 valence electrons. The Hall–Kier alpha value is -2.61. The molecule has 1 aliphatic heterocycles. The summed E-state index contributed by atoms with van der Waals surface area (Å²) in [6, 6.07) is 7.10. The molecule has 2 amide bonds. The van der Waals surface area contributed by atoms with E-state index in [4.69, 9.17) is 16.3 Å². The number of likely N-dealkylation sites (tertiary alicyclic amines) is 1. The zero-order chi connectivity index (χ0) is 20.3. The number of hydrogen-bond donors (Lipinski definition) is 1. The van der Waals surface area contributed by atoms with Crippen molar-refractivity contribution in [1.29, 1.82) is 0 Å². The molecular formula is C19H24ClN5O3. The van der Waals surface area contributed by atoms with E-state index in [2.05, 4.69) is 15.6 Å². The van der Waals surface area contributed by atoms with Crippen LogP contribution in [0, 0.1) is 0 Å². The lowest BCUT2D eigenvalue weighted by Crippen LogP contribution is -2.47. The van der Waals surface area contributed by atoms with Gasteiger partial charge in [0.15, 0.2) is 5.69 Å². The summed E-state index contributed by atoms with van der Waals surface area (Å²) in [7, 11) is 0. The first-order chi connectivity index (χ1) is 13.2. The van der Waals surface area contributed by atoms with Gasteiger partial charge in [-0.05, 0) is 57.9 Å². The van der Waals surface area contributed by atoms with Crippen LogP contribution in [0.2, 0.25) is 5.02 Å². The largest absolute Gasteiger partial charge is 0.444 e. The summed E-state index contributed by atoms with van der Waals surface area (Å²) in [4.78, 5) is 26.3. The first-order valence-corrected chi connectivity index (χ1v) is 9.56. The van der Waals surface area contributed by atoms with Crippen molar-refractivity contribution in [3.05, 3.63) is 41.2 Å². The molecule has 1 aromatic carbocycles. The van der Waals surface area contributed by atoms with Gasteiger partial charge in [-0.15, -0.1) is 5.10 Å². The Balaban J connectivity index is 1.54. The van der Waals surface area contributed by atoms with E-state index in [0.29, 0.717) is 31.0 Å². The standard InChI is InChI=1S/C19H24ClN5O3/c1-19(2,3)28-18(27)21-14-8-10-24(11-9-14)17(26)16-12-25(23-22-16)15-6-4-13(20)5-7-15/h4-7,12,14H,8-11H2,1-3H3,(H,21,27). The summed E-state index contributed by atoms with van der Waals surface area (Å²) in [5.41, 5.74) is 0.529. The van der Waals surface area contributed by atoms with Crippen LogP contribution in [0.5, 0.6) is 0 Å². The van der Waals surface area contributed by atoms with Crippen LogP contribution in [-0.4, -0.2) is 56.6 Å². The van der Waals surface area contributed by atoms with Gasteiger partial charge in [-0.1, -0.05) is 16.8 Å². The molecule has 2 aromatic rings. The van der Waals surface area contributed by atoms with Gasteiger partial charge in [0.2, 0.25) is 0 Å². The lowest BCUT2D eigenvalue weighted by Gasteiger charge is -2.32. The summed E-state index contributed by atoms with van der Waals surface area (Å²) in [6.07, 6.45) is 2.51. The van der Waals surface area contributed by atoms with Crippen molar-refractivity contribution < 1.29 is 14.3 Å². The van der Waals surface area contributed by atoms with Crippen molar-refractivity contribution in [1.82, 2.24) is 25.2 Å². The van der Waals surface area contributed by atoms with Crippen LogP contribution >= 0.6 is 11.6 Å². The number of carbonyl (C=O) groups excluding carboxylic acids is 2. The van der Waals surface area contributed by atoms with Crippen molar-refractivity contribution in [3.63, 3.8) is 0 Å². The molecule has 0 unspecified atom stereocenters. The molecule has 8 nitrogen and oxygen atoms in total. The molecule has 28 heavy (non-hydrogen) atoms. The van der Waals surface area contributed by atoms with Crippen molar-refractivity contribution in [3.8, 4) is 5.69 Å². The highest BCUT2D eigenvalue weighted by Gasteiger charge is 2.27. The quantitative estimate of drug-likeness (QED) is 0.847. The highest BCUT2D eigenvalue weighted by Crippen LogP contribution is 2.16. The average Bonchev–Trinajstić information content (AvgIpc) is 3.11. The summed E-state index contributed by atoms with van der Waals surface area (Å²) in [6.45, 7) is 6.54. The Morgan fingerprint density at radius 1 is 1.18 bits per heavy atom. The van der Waals surface area contributed by atoms with Gasteiger partial charge in [0, 0.05) is 24.2 Å². The van der Waals surface area contributed by atoms with E-state index >= 15 is 0 Å². The SMILES string of the molecule is CC(C)(C)OC(=O)NC1CCN(C(=O)c2cn(-c3ccc(Cl)cc3)nn2)CC1. The Labute approximate surface area is 168 Å². The molecule has 1 aromatic heterocycles. The molecular weight excluding hydrogens is 382 g/mol. The second kappa shape index (κ2) is 8.18. The van der Waals surface area contributed by atoms with Crippen LogP contribution in [0.15, 0.2) is 30.5 Å². The minimum absolute atomic E-state index is 0.0105. The second-order valence-electron chi connectivity index (χ2n) is 7.74. The Bertz CT molecular complexity index is 836. The van der Waals surface area contributed by atoms with Gasteiger partial charge in [-0.3, -0.25) is 4.79 Å². The van der Waals surface area contributed by atoms with E-state index in [-0.39, 0.29) is 17.6 Å². The zero-order valence-electron chi connectivity index (χ0n) is 16.2. The number of nitrogens with one attached hydrogen (secondary N) is 1. The fourth-order valence-corrected chi connectivity index (χ4v) is 3.07. The minimum Gasteiger partial charge on any atom is -0.444 e. The zero-order valence-corrected chi connectivity index (χ0v) is 16.9. The molecule has 1 saturated heterocycles. The van der Waals surface area contributed by atoms with Crippen LogP contribution in [-0.2, 0) is 4.74 Å². The number of rotatable bonds is 3. The van der Waals surface area contributed by atoms with E-state index in [0.717, 1.165) is 5.69 Å². The first-order valence-electron chi connectivity index (χ1n) is 9.18. The molecule has 1 aliphatic rings. The van der Waals surface area contributed by atoms with Crippen LogP contribution in [0.1, 0.15) is 44.1 Å². The summed E-state index contributed by atoms with van der Waals surface area (Å²) >= 11 is 5.89. The third-order valence-corrected chi connectivity index (χ3v) is 4.56.